The molecule has 0 unspecified atom stereocenters. The molecule has 8 nitrogen and oxygen atoms in total. The molecule has 9 heteroatoms. The van der Waals surface area contributed by atoms with Crippen molar-refractivity contribution in [3.05, 3.63) is 77.9 Å². The van der Waals surface area contributed by atoms with Crippen molar-refractivity contribution in [1.29, 1.82) is 0 Å². The van der Waals surface area contributed by atoms with Gasteiger partial charge in [-0.2, -0.15) is 0 Å². The summed E-state index contributed by atoms with van der Waals surface area (Å²) in [4.78, 5) is 12.9. The monoisotopic (exact) mass is 498 g/mol. The summed E-state index contributed by atoms with van der Waals surface area (Å²) < 4.78 is 44.3. The molecule has 0 aromatic heterocycles. The molecule has 0 aliphatic heterocycles. The molecule has 3 aromatic carbocycles. The average Bonchev–Trinajstić information content (AvgIpc) is 2.87. The molecule has 35 heavy (non-hydrogen) atoms. The molecule has 0 aliphatic carbocycles. The van der Waals surface area contributed by atoms with Crippen molar-refractivity contribution in [3.8, 4) is 17.2 Å². The summed E-state index contributed by atoms with van der Waals surface area (Å²) in [5.41, 5.74) is 2.42. The van der Waals surface area contributed by atoms with Crippen molar-refractivity contribution >= 4 is 21.6 Å². The topological polar surface area (TPSA) is 94.2 Å². The second kappa shape index (κ2) is 11.6. The van der Waals surface area contributed by atoms with Gasteiger partial charge in [-0.3, -0.25) is 9.10 Å². The van der Waals surface area contributed by atoms with Gasteiger partial charge in [-0.25, -0.2) is 8.42 Å². The molecule has 3 aromatic rings. The van der Waals surface area contributed by atoms with Gasteiger partial charge in [-0.15, -0.1) is 0 Å². The summed E-state index contributed by atoms with van der Waals surface area (Å²) in [6, 6.07) is 18.4. The highest BCUT2D eigenvalue weighted by molar-refractivity contribution is 7.92. The van der Waals surface area contributed by atoms with Gasteiger partial charge < -0.3 is 19.5 Å². The number of carbonyl (C=O) groups is 1. The van der Waals surface area contributed by atoms with Crippen molar-refractivity contribution in [2.75, 3.05) is 38.2 Å². The van der Waals surface area contributed by atoms with Gasteiger partial charge in [-0.1, -0.05) is 30.3 Å². The Morgan fingerprint density at radius 1 is 0.886 bits per heavy atom. The zero-order valence-corrected chi connectivity index (χ0v) is 21.1. The Labute approximate surface area is 206 Å². The maximum absolute atomic E-state index is 13.5. The van der Waals surface area contributed by atoms with Crippen LogP contribution >= 0.6 is 0 Å². The molecule has 0 atom stereocenters. The third-order valence-corrected chi connectivity index (χ3v) is 7.30. The number of aryl methyl sites for hydroxylation is 1. The smallest absolute Gasteiger partial charge is 0.264 e. The predicted octanol–water partition coefficient (Wildman–Crippen LogP) is 3.71. The lowest BCUT2D eigenvalue weighted by atomic mass is 10.1. The van der Waals surface area contributed by atoms with E-state index in [9.17, 15) is 13.2 Å². The first-order valence-corrected chi connectivity index (χ1v) is 12.5. The van der Waals surface area contributed by atoms with Crippen LogP contribution in [0.1, 0.15) is 11.1 Å². The number of anilines is 1. The zero-order chi connectivity index (χ0) is 25.4. The van der Waals surface area contributed by atoms with E-state index in [1.807, 2.05) is 32.0 Å². The number of hydrogen-bond donors (Lipinski definition) is 1. The van der Waals surface area contributed by atoms with Crippen molar-refractivity contribution in [2.24, 2.45) is 0 Å². The first kappa shape index (κ1) is 25.9. The number of benzene rings is 3. The van der Waals surface area contributed by atoms with E-state index < -0.39 is 22.5 Å². The SMILES string of the molecule is COc1ccc(N(CC(=O)NCCOc2cccc(C)c2C)S(=O)(=O)c2ccccc2)cc1OC. The molecule has 0 heterocycles. The lowest BCUT2D eigenvalue weighted by molar-refractivity contribution is -0.119. The second-order valence-electron chi connectivity index (χ2n) is 7.76. The van der Waals surface area contributed by atoms with E-state index in [1.165, 1.54) is 32.4 Å². The molecule has 0 spiro atoms. The molecular formula is C26H30N2O6S. The number of sulfonamides is 1. The summed E-state index contributed by atoms with van der Waals surface area (Å²) in [6.07, 6.45) is 0. The van der Waals surface area contributed by atoms with E-state index in [4.69, 9.17) is 14.2 Å². The van der Waals surface area contributed by atoms with Crippen molar-refractivity contribution in [1.82, 2.24) is 5.32 Å². The first-order valence-electron chi connectivity index (χ1n) is 11.0. The molecule has 1 amide bonds. The van der Waals surface area contributed by atoms with Crippen LogP contribution in [-0.4, -0.2) is 48.2 Å². The lowest BCUT2D eigenvalue weighted by Crippen LogP contribution is -2.42. The Morgan fingerprint density at radius 2 is 1.60 bits per heavy atom. The number of methoxy groups -OCH3 is 2. The fraction of sp³-hybridized carbons (Fsp3) is 0.269. The van der Waals surface area contributed by atoms with Crippen LogP contribution < -0.4 is 23.8 Å². The molecule has 1 N–H and O–H groups in total. The molecule has 0 saturated heterocycles. The third kappa shape index (κ3) is 6.24. The highest BCUT2D eigenvalue weighted by atomic mass is 32.2. The molecule has 0 bridgehead atoms. The summed E-state index contributed by atoms with van der Waals surface area (Å²) in [5, 5.41) is 2.74. The molecular weight excluding hydrogens is 468 g/mol. The average molecular weight is 499 g/mol. The van der Waals surface area contributed by atoms with E-state index in [0.29, 0.717) is 11.5 Å². The normalized spacial score (nSPS) is 11.0. The van der Waals surface area contributed by atoms with E-state index in [1.54, 1.807) is 30.3 Å². The van der Waals surface area contributed by atoms with Gasteiger partial charge in [-0.05, 0) is 55.3 Å². The van der Waals surface area contributed by atoms with Crippen molar-refractivity contribution in [3.63, 3.8) is 0 Å². The van der Waals surface area contributed by atoms with Crippen LogP contribution in [0.3, 0.4) is 0 Å². The van der Waals surface area contributed by atoms with Crippen LogP contribution in [-0.2, 0) is 14.8 Å². The van der Waals surface area contributed by atoms with Gasteiger partial charge in [0, 0.05) is 6.07 Å². The number of ether oxygens (including phenoxy) is 3. The molecule has 3 rings (SSSR count). The zero-order valence-electron chi connectivity index (χ0n) is 20.3. The third-order valence-electron chi connectivity index (χ3n) is 5.51. The predicted molar refractivity (Wildman–Crippen MR) is 135 cm³/mol. The van der Waals surface area contributed by atoms with Crippen molar-refractivity contribution in [2.45, 2.75) is 18.7 Å². The van der Waals surface area contributed by atoms with Gasteiger partial charge in [0.25, 0.3) is 10.0 Å². The summed E-state index contributed by atoms with van der Waals surface area (Å²) >= 11 is 0. The van der Waals surface area contributed by atoms with E-state index in [2.05, 4.69) is 5.32 Å². The molecule has 0 radical (unpaired) electrons. The minimum atomic E-state index is -4.03. The minimum absolute atomic E-state index is 0.0702. The quantitative estimate of drug-likeness (QED) is 0.405. The van der Waals surface area contributed by atoms with Gasteiger partial charge in [0.2, 0.25) is 5.91 Å². The number of carbonyl (C=O) groups excluding carboxylic acids is 1. The Hall–Kier alpha value is -3.72. The number of nitrogens with one attached hydrogen (secondary N) is 1. The molecule has 0 aliphatic rings. The standard InChI is InChI=1S/C26H30N2O6S/c1-19-9-8-12-23(20(19)2)34-16-15-27-26(29)18-28(35(30,31)22-10-6-5-7-11-22)21-13-14-24(32-3)25(17-21)33-4/h5-14,17H,15-16,18H2,1-4H3,(H,27,29). The Balaban J connectivity index is 1.77. The van der Waals surface area contributed by atoms with Crippen LogP contribution in [0, 0.1) is 13.8 Å². The maximum Gasteiger partial charge on any atom is 0.264 e. The fourth-order valence-electron chi connectivity index (χ4n) is 3.43. The summed E-state index contributed by atoms with van der Waals surface area (Å²) in [5.74, 6) is 1.07. The fourth-order valence-corrected chi connectivity index (χ4v) is 4.87. The number of nitrogens with zero attached hydrogens (tertiary/aromatic N) is 1. The molecule has 0 saturated carbocycles. The van der Waals surface area contributed by atoms with E-state index in [-0.39, 0.29) is 23.7 Å². The van der Waals surface area contributed by atoms with Crippen LogP contribution in [0.2, 0.25) is 0 Å². The number of rotatable bonds is 11. The number of amides is 1. The summed E-state index contributed by atoms with van der Waals surface area (Å²) in [6.45, 7) is 4.02. The minimum Gasteiger partial charge on any atom is -0.493 e. The maximum atomic E-state index is 13.5. The second-order valence-corrected chi connectivity index (χ2v) is 9.62. The Kier molecular flexibility index (Phi) is 8.59. The first-order chi connectivity index (χ1) is 16.8. The number of hydrogen-bond acceptors (Lipinski definition) is 6. The van der Waals surface area contributed by atoms with Gasteiger partial charge in [0.1, 0.15) is 18.9 Å². The Morgan fingerprint density at radius 3 is 2.29 bits per heavy atom. The van der Waals surface area contributed by atoms with Crippen LogP contribution in [0.25, 0.3) is 0 Å². The van der Waals surface area contributed by atoms with Gasteiger partial charge in [0.05, 0.1) is 31.3 Å². The lowest BCUT2D eigenvalue weighted by Gasteiger charge is -2.25. The Bertz CT molecular complexity index is 1260. The van der Waals surface area contributed by atoms with Crippen LogP contribution in [0.5, 0.6) is 17.2 Å². The summed E-state index contributed by atoms with van der Waals surface area (Å²) in [7, 11) is -1.08. The van der Waals surface area contributed by atoms with E-state index >= 15 is 0 Å². The highest BCUT2D eigenvalue weighted by Crippen LogP contribution is 2.33. The van der Waals surface area contributed by atoms with Crippen LogP contribution in [0.15, 0.2) is 71.6 Å². The molecule has 186 valence electrons. The van der Waals surface area contributed by atoms with E-state index in [0.717, 1.165) is 21.2 Å². The van der Waals surface area contributed by atoms with Crippen molar-refractivity contribution < 1.29 is 27.4 Å². The molecule has 0 fully saturated rings. The van der Waals surface area contributed by atoms with Crippen LogP contribution in [0.4, 0.5) is 5.69 Å². The highest BCUT2D eigenvalue weighted by Gasteiger charge is 2.28. The van der Waals surface area contributed by atoms with Gasteiger partial charge >= 0.3 is 0 Å². The van der Waals surface area contributed by atoms with Gasteiger partial charge in [0.15, 0.2) is 11.5 Å². The largest absolute Gasteiger partial charge is 0.493 e.